The molecule has 3 amide bonds. The lowest BCUT2D eigenvalue weighted by Crippen LogP contribution is -2.53. The summed E-state index contributed by atoms with van der Waals surface area (Å²) in [6.07, 6.45) is -13.0. The zero-order valence-electron chi connectivity index (χ0n) is 53.8. The van der Waals surface area contributed by atoms with Crippen LogP contribution in [-0.4, -0.2) is 171 Å². The van der Waals surface area contributed by atoms with Crippen LogP contribution in [0.2, 0.25) is 0 Å². The number of nitro benzene ring substituents is 2. The van der Waals surface area contributed by atoms with Crippen molar-refractivity contribution in [2.75, 3.05) is 51.7 Å². The fraction of sp³-hybridized carbons (Fsp3) is 0.417. The van der Waals surface area contributed by atoms with E-state index in [1.54, 1.807) is 0 Å². The van der Waals surface area contributed by atoms with Crippen LogP contribution in [0.15, 0.2) is 80.5 Å². The fourth-order valence-corrected chi connectivity index (χ4v) is 13.8. The van der Waals surface area contributed by atoms with Gasteiger partial charge in [-0.2, -0.15) is 0 Å². The Hall–Kier alpha value is -9.64. The van der Waals surface area contributed by atoms with E-state index >= 15 is 0 Å². The quantitative estimate of drug-likeness (QED) is 0.0245. The summed E-state index contributed by atoms with van der Waals surface area (Å²) in [5, 5.41) is 47.4. The number of nitrogens with two attached hydrogens (primary N) is 2. The van der Waals surface area contributed by atoms with Crippen molar-refractivity contribution in [1.82, 2.24) is 54.9 Å². The highest BCUT2D eigenvalue weighted by Gasteiger charge is 2.47. The number of H-pyrrole nitrogens is 2. The van der Waals surface area contributed by atoms with E-state index in [-0.39, 0.29) is 56.7 Å². The average Bonchev–Trinajstić information content (AvgIpc) is 1.63. The molecule has 13 N–H and O–H groups in total. The normalized spacial score (nSPS) is 28.9. The van der Waals surface area contributed by atoms with Crippen LogP contribution in [-0.2, 0) is 64.7 Å². The lowest BCUT2D eigenvalue weighted by Gasteiger charge is -2.25. The number of ether oxygens (including phenoxy) is 4. The molecule has 0 spiro atoms. The first-order valence-corrected chi connectivity index (χ1v) is 34.5. The van der Waals surface area contributed by atoms with E-state index in [2.05, 4.69) is 89.6 Å². The molecule has 0 saturated carbocycles. The summed E-state index contributed by atoms with van der Waals surface area (Å²) in [5.74, 6) is 13.2. The van der Waals surface area contributed by atoms with E-state index in [1.807, 2.05) is 0 Å². The number of carbonyl (C=O) groups excluding carboxylic acids is 3. The van der Waals surface area contributed by atoms with Crippen molar-refractivity contribution < 1.29 is 89.5 Å². The smallest absolute Gasteiger partial charge is 0.390 e. The van der Waals surface area contributed by atoms with Crippen molar-refractivity contribution in [3.63, 3.8) is 0 Å². The predicted molar refractivity (Wildman–Crippen MR) is 354 cm³/mol. The van der Waals surface area contributed by atoms with Gasteiger partial charge in [-0.05, 0) is 51.0 Å². The molecule has 544 valence electrons. The van der Waals surface area contributed by atoms with Crippen LogP contribution in [0.25, 0.3) is 11.0 Å². The van der Waals surface area contributed by atoms with E-state index < -0.39 is 221 Å². The molecule has 18 bridgehead atoms. The number of nitrogens with one attached hydrogen (secondary N) is 6. The van der Waals surface area contributed by atoms with E-state index in [1.165, 1.54) is 54.9 Å². The number of aromatic amines is 2. The second-order valence-electron chi connectivity index (χ2n) is 23.6. The van der Waals surface area contributed by atoms with Crippen LogP contribution in [0.3, 0.4) is 0 Å². The van der Waals surface area contributed by atoms with Crippen LogP contribution in [0, 0.1) is 55.8 Å². The van der Waals surface area contributed by atoms with E-state index in [0.29, 0.717) is 0 Å². The van der Waals surface area contributed by atoms with Crippen molar-refractivity contribution in [2.24, 2.45) is 5.73 Å². The number of rotatable bonds is 5. The highest BCUT2D eigenvalue weighted by Crippen LogP contribution is 2.52. The van der Waals surface area contributed by atoms with Crippen LogP contribution in [0.1, 0.15) is 103 Å². The number of hydrogen-bond acceptors (Lipinski definition) is 29. The lowest BCUT2D eigenvalue weighted by molar-refractivity contribution is -0.386. The van der Waals surface area contributed by atoms with Gasteiger partial charge >= 0.3 is 27.0 Å². The van der Waals surface area contributed by atoms with Crippen LogP contribution in [0.5, 0.6) is 0 Å². The van der Waals surface area contributed by atoms with Crippen molar-refractivity contribution >= 4 is 74.5 Å². The van der Waals surface area contributed by atoms with Gasteiger partial charge in [-0.15, -0.1) is 0 Å². The molecule has 13 rings (SSSR count). The Bertz CT molecular complexity index is 4920. The minimum Gasteiger partial charge on any atom is -0.390 e. The summed E-state index contributed by atoms with van der Waals surface area (Å²) in [7, 11) is -10.8. The molecular weight excluding hydrogens is 1420 g/mol. The number of nitro groups is 2. The number of nitrogen functional groups attached to an aromatic ring is 1. The molecule has 2 aromatic carbocycles. The van der Waals surface area contributed by atoms with Gasteiger partial charge in [0, 0.05) is 79.3 Å². The molecule has 40 nitrogen and oxygen atoms in total. The zero-order chi connectivity index (χ0) is 73.8. The first-order chi connectivity index (χ1) is 49.1. The van der Waals surface area contributed by atoms with Crippen molar-refractivity contribution in [1.29, 1.82) is 0 Å². The van der Waals surface area contributed by atoms with Crippen LogP contribution in [0.4, 0.5) is 17.2 Å². The number of fused-ring (bicyclic) bond motifs is 21. The van der Waals surface area contributed by atoms with Gasteiger partial charge in [0.05, 0.1) is 84.1 Å². The predicted octanol–water partition coefficient (Wildman–Crippen LogP) is -1.03. The maximum absolute atomic E-state index is 14.1. The number of anilines is 1. The number of aromatic nitrogens is 7. The highest BCUT2D eigenvalue weighted by atomic mass is 32.1. The van der Waals surface area contributed by atoms with Gasteiger partial charge in [0.25, 0.3) is 28.4 Å². The Morgan fingerprint density at radius 3 is 1.92 bits per heavy atom. The molecule has 103 heavy (non-hydrogen) atoms. The lowest BCUT2D eigenvalue weighted by atomic mass is 10.0. The molecular formula is C60H63N15O25P2S. The fourth-order valence-electron chi connectivity index (χ4n) is 11.8. The van der Waals surface area contributed by atoms with Crippen LogP contribution >= 0.6 is 28.6 Å². The molecule has 0 aliphatic carbocycles. The molecule has 3 fully saturated rings. The van der Waals surface area contributed by atoms with Gasteiger partial charge < -0.3 is 70.0 Å². The molecule has 15 atom stereocenters. The Morgan fingerprint density at radius 1 is 0.699 bits per heavy atom. The number of nitrogens with zero attached hydrogens (tertiary/aromatic N) is 7. The average molecular weight is 1490 g/mol. The summed E-state index contributed by atoms with van der Waals surface area (Å²) in [4.78, 5) is 154. The standard InChI is InChI=1S/C60H63N15O25P2S/c1-29-36-11-7-31(14-39(36)74(84)85)5-9-33-22-71(54-52(33)53(62)66-28-67-54)49-16-41(76)45(96-49)25-92-101(88,89)99-42-17-50-73-24-35(56(79)70-60(73)83)10-6-32-8-12-37(40(15-32)75(86)87)30(2)95-44(20-64-57(80)38(19-61)68-29)58(81)65-21-48(77)63-13-3-4-34-23-72(59(82)69-55(34)78)51-18-43(47(98-51)27-94-103)100-102(90,91)93-26-46(42)97-50/h7-8,11-12,14-15,22-24,28-30,38,41-47,49-51,68,76,103H,13,16-21,25-27,61H2,1-2H3,(H,63,77)(H,64,80)(H,65,81)(H,88,89)(H,90,91)(H2,62,66,67)(H,69,78,82)(H,70,79,83)/t29?,30?,38?,41-,42-,43-,44?,45+,46+,47+,49+,50+,51+/m0/s1. The second-order valence-corrected chi connectivity index (χ2v) is 26.7. The number of benzene rings is 2. The summed E-state index contributed by atoms with van der Waals surface area (Å²) in [5.41, 5.74) is 6.54. The van der Waals surface area contributed by atoms with Crippen molar-refractivity contribution in [3.8, 4) is 35.5 Å². The SMILES string of the molecule is CC1NC(CN)C(=O)NCC2OC(C)c3ccc(cc3[N+](=O)[O-])C#Cc3cn(c(=O)[nH]c3=O)[C@H]3C[C@H](OP(=O)(O)OC[C@H]4O[C@H](C[C@@H]4O)n4cc(c5c(N)ncnc54)C#Cc4ccc1c([N+](=O)[O-])c4)[C@@H](COP(=O)(O)O[C@H]1C[C@@H](O[C@@H]1COS)n1cc(c(=O)[nH]c1=O)C#CCNC(=O)CNC2=O)O3. The minimum absolute atomic E-state index is 0.0513. The number of aliphatic hydroxyl groups excluding tert-OH is 1. The maximum Gasteiger partial charge on any atom is 0.472 e. The molecule has 0 radical (unpaired) electrons. The number of phosphoric ester groups is 2. The van der Waals surface area contributed by atoms with Gasteiger partial charge in [0.2, 0.25) is 11.8 Å². The zero-order valence-corrected chi connectivity index (χ0v) is 56.5. The van der Waals surface area contributed by atoms with Crippen molar-refractivity contribution in [2.45, 2.75) is 113 Å². The molecule has 6 unspecified atom stereocenters. The summed E-state index contributed by atoms with van der Waals surface area (Å²) < 4.78 is 82.6. The van der Waals surface area contributed by atoms with Crippen LogP contribution < -0.4 is 55.2 Å². The van der Waals surface area contributed by atoms with Crippen molar-refractivity contribution in [3.05, 3.63) is 162 Å². The third kappa shape index (κ3) is 17.4. The van der Waals surface area contributed by atoms with Gasteiger partial charge in [-0.25, -0.2) is 28.7 Å². The molecule has 6 aromatic rings. The Morgan fingerprint density at radius 2 is 1.27 bits per heavy atom. The van der Waals surface area contributed by atoms with Gasteiger partial charge in [-0.1, -0.05) is 35.5 Å². The Balaban J connectivity index is 0.991. The van der Waals surface area contributed by atoms with E-state index in [4.69, 9.17) is 52.7 Å². The largest absolute Gasteiger partial charge is 0.472 e. The second kappa shape index (κ2) is 31.5. The molecule has 4 aromatic heterocycles. The van der Waals surface area contributed by atoms with Gasteiger partial charge in [0.15, 0.2) is 6.10 Å². The molecule has 11 heterocycles. The van der Waals surface area contributed by atoms with Gasteiger partial charge in [0.1, 0.15) is 78.1 Å². The Labute approximate surface area is 584 Å². The highest BCUT2D eigenvalue weighted by molar-refractivity contribution is 7.75. The summed E-state index contributed by atoms with van der Waals surface area (Å²) in [6.45, 7) is -1.90. The topological polar surface area (TPSA) is 556 Å². The summed E-state index contributed by atoms with van der Waals surface area (Å²) >= 11 is 3.78. The maximum atomic E-state index is 14.1. The first kappa shape index (κ1) is 74.5. The third-order valence-electron chi connectivity index (χ3n) is 16.8. The third-order valence-corrected chi connectivity index (χ3v) is 19.0. The number of carbonyl (C=O) groups is 3. The van der Waals surface area contributed by atoms with E-state index in [0.717, 1.165) is 33.9 Å². The van der Waals surface area contributed by atoms with Gasteiger partial charge in [-0.3, -0.25) is 86.7 Å². The summed E-state index contributed by atoms with van der Waals surface area (Å²) in [6, 6.07) is 5.19. The van der Waals surface area contributed by atoms with E-state index in [9.17, 15) is 77.8 Å². The number of phosphoric acid groups is 2. The molecule has 43 heteroatoms. The number of aliphatic hydroxyl groups is 1. The number of thiol groups is 1. The molecule has 3 saturated heterocycles. The number of amides is 3. The molecule has 7 aliphatic heterocycles. The monoisotopic (exact) mass is 1490 g/mol. The number of hydrogen-bond donors (Lipinski definition) is 12. The molecule has 7 aliphatic rings. The minimum atomic E-state index is -5.42. The first-order valence-electron chi connectivity index (χ1n) is 31.1. The Kier molecular flexibility index (Phi) is 22.8.